The predicted octanol–water partition coefficient (Wildman–Crippen LogP) is 0.435. The molecule has 0 aliphatic heterocycles. The molecule has 0 saturated heterocycles. The van der Waals surface area contributed by atoms with Crippen LogP contribution in [-0.4, -0.2) is 51.0 Å². The zero-order chi connectivity index (χ0) is 14.8. The van der Waals surface area contributed by atoms with Crippen LogP contribution in [0.1, 0.15) is 21.9 Å². The van der Waals surface area contributed by atoms with Crippen LogP contribution in [0.5, 0.6) is 0 Å². The van der Waals surface area contributed by atoms with Gasteiger partial charge in [-0.25, -0.2) is 13.2 Å². The summed E-state index contributed by atoms with van der Waals surface area (Å²) in [6.45, 7) is 3.58. The van der Waals surface area contributed by atoms with Crippen LogP contribution in [0.4, 0.5) is 0 Å². The summed E-state index contributed by atoms with van der Waals surface area (Å²) in [5, 5.41) is 12.0. The van der Waals surface area contributed by atoms with Crippen molar-refractivity contribution in [1.29, 1.82) is 0 Å². The van der Waals surface area contributed by atoms with Gasteiger partial charge in [-0.1, -0.05) is 0 Å². The van der Waals surface area contributed by atoms with Gasteiger partial charge in [-0.15, -0.1) is 0 Å². The summed E-state index contributed by atoms with van der Waals surface area (Å²) in [6, 6.07) is 0. The summed E-state index contributed by atoms with van der Waals surface area (Å²) in [7, 11) is -0.770. The van der Waals surface area contributed by atoms with Crippen molar-refractivity contribution in [3.63, 3.8) is 0 Å². The molecule has 108 valence electrons. The molecule has 0 saturated carbocycles. The lowest BCUT2D eigenvalue weighted by atomic mass is 10.2. The van der Waals surface area contributed by atoms with E-state index in [0.29, 0.717) is 6.54 Å². The van der Waals surface area contributed by atoms with E-state index in [1.807, 2.05) is 0 Å². The summed E-state index contributed by atoms with van der Waals surface area (Å²) in [5.74, 6) is -1.13. The van der Waals surface area contributed by atoms with Crippen molar-refractivity contribution < 1.29 is 22.7 Å². The molecule has 0 amide bonds. The van der Waals surface area contributed by atoms with Gasteiger partial charge < -0.3 is 14.8 Å². The second-order valence-electron chi connectivity index (χ2n) is 4.15. The Balaban J connectivity index is 3.33. The molecule has 0 aromatic carbocycles. The molecule has 0 radical (unpaired) electrons. The van der Waals surface area contributed by atoms with Gasteiger partial charge in [0.1, 0.15) is 22.0 Å². The molecule has 0 fully saturated rings. The lowest BCUT2D eigenvalue weighted by Gasteiger charge is -2.16. The van der Waals surface area contributed by atoms with Crippen LogP contribution < -0.4 is 5.32 Å². The molecule has 1 rings (SSSR count). The highest BCUT2D eigenvalue weighted by Crippen LogP contribution is 2.28. The van der Waals surface area contributed by atoms with Gasteiger partial charge in [-0.05, 0) is 20.9 Å². The zero-order valence-corrected chi connectivity index (χ0v) is 12.2. The SMILES string of the molecule is CNCCN(C)S(=O)(=O)c1c(C)oc(C)c1C(=O)O. The molecule has 0 aliphatic rings. The standard InChI is InChI=1S/C11H18N2O5S/c1-7-9(11(14)15)10(8(2)18-7)19(16,17)13(4)6-5-12-3/h12H,5-6H2,1-4H3,(H,14,15). The van der Waals surface area contributed by atoms with Crippen molar-refractivity contribution in [2.45, 2.75) is 18.7 Å². The Morgan fingerprint density at radius 1 is 1.37 bits per heavy atom. The highest BCUT2D eigenvalue weighted by molar-refractivity contribution is 7.89. The Hall–Kier alpha value is -1.38. The summed E-state index contributed by atoms with van der Waals surface area (Å²) in [6.07, 6.45) is 0. The van der Waals surface area contributed by atoms with E-state index in [0.717, 1.165) is 4.31 Å². The normalized spacial score (nSPS) is 12.1. The van der Waals surface area contributed by atoms with E-state index in [4.69, 9.17) is 9.52 Å². The number of nitrogens with one attached hydrogen (secondary N) is 1. The molecule has 1 aromatic heterocycles. The molecule has 0 atom stereocenters. The van der Waals surface area contributed by atoms with Crippen LogP contribution >= 0.6 is 0 Å². The van der Waals surface area contributed by atoms with Crippen molar-refractivity contribution >= 4 is 16.0 Å². The van der Waals surface area contributed by atoms with Crippen LogP contribution in [0.15, 0.2) is 9.31 Å². The van der Waals surface area contributed by atoms with Gasteiger partial charge in [0.15, 0.2) is 0 Å². The molecular weight excluding hydrogens is 272 g/mol. The van der Waals surface area contributed by atoms with Gasteiger partial charge in [0.2, 0.25) is 10.0 Å². The summed E-state index contributed by atoms with van der Waals surface area (Å²) in [5.41, 5.74) is -0.297. The van der Waals surface area contributed by atoms with Gasteiger partial charge in [0.05, 0.1) is 0 Å². The molecule has 0 unspecified atom stereocenters. The third-order valence-corrected chi connectivity index (χ3v) is 4.77. The first-order valence-corrected chi connectivity index (χ1v) is 7.11. The Morgan fingerprint density at radius 2 is 1.95 bits per heavy atom. The number of aryl methyl sites for hydroxylation is 2. The number of aromatic carboxylic acids is 1. The van der Waals surface area contributed by atoms with Crippen molar-refractivity contribution in [3.8, 4) is 0 Å². The largest absolute Gasteiger partial charge is 0.478 e. The Labute approximate surface area is 112 Å². The maximum absolute atomic E-state index is 12.4. The first-order valence-electron chi connectivity index (χ1n) is 5.67. The topological polar surface area (TPSA) is 99.9 Å². The number of carbonyl (C=O) groups is 1. The number of carboxylic acids is 1. The van der Waals surface area contributed by atoms with Crippen LogP contribution in [0.3, 0.4) is 0 Å². The Bertz CT molecular complexity index is 576. The van der Waals surface area contributed by atoms with E-state index < -0.39 is 16.0 Å². The molecule has 1 aromatic rings. The summed E-state index contributed by atoms with van der Waals surface area (Å²) >= 11 is 0. The van der Waals surface area contributed by atoms with E-state index in [1.54, 1.807) is 7.05 Å². The first-order chi connectivity index (χ1) is 8.73. The maximum Gasteiger partial charge on any atom is 0.340 e. The predicted molar refractivity (Wildman–Crippen MR) is 68.9 cm³/mol. The Kier molecular flexibility index (Phi) is 4.72. The Morgan fingerprint density at radius 3 is 2.42 bits per heavy atom. The van der Waals surface area contributed by atoms with Gasteiger partial charge >= 0.3 is 5.97 Å². The number of hydrogen-bond acceptors (Lipinski definition) is 5. The van der Waals surface area contributed by atoms with Gasteiger partial charge in [0.25, 0.3) is 0 Å². The smallest absolute Gasteiger partial charge is 0.340 e. The molecule has 2 N–H and O–H groups in total. The summed E-state index contributed by atoms with van der Waals surface area (Å²) in [4.78, 5) is 10.9. The molecule has 8 heteroatoms. The fraction of sp³-hybridized carbons (Fsp3) is 0.545. The van der Waals surface area contributed by atoms with Crippen molar-refractivity contribution in [3.05, 3.63) is 17.1 Å². The second kappa shape index (κ2) is 5.72. The van der Waals surface area contributed by atoms with E-state index in [1.165, 1.54) is 20.9 Å². The van der Waals surface area contributed by atoms with Crippen molar-refractivity contribution in [2.75, 3.05) is 27.2 Å². The van der Waals surface area contributed by atoms with Gasteiger partial charge in [-0.2, -0.15) is 4.31 Å². The highest BCUT2D eigenvalue weighted by Gasteiger charge is 2.33. The van der Waals surface area contributed by atoms with Crippen LogP contribution in [0.25, 0.3) is 0 Å². The molecule has 0 spiro atoms. The molecule has 0 bridgehead atoms. The third kappa shape index (κ3) is 2.96. The van der Waals surface area contributed by atoms with E-state index in [-0.39, 0.29) is 28.5 Å². The number of nitrogens with zero attached hydrogens (tertiary/aromatic N) is 1. The number of likely N-dealkylation sites (N-methyl/N-ethyl adjacent to an activating group) is 2. The zero-order valence-electron chi connectivity index (χ0n) is 11.3. The fourth-order valence-corrected chi connectivity index (χ4v) is 3.30. The van der Waals surface area contributed by atoms with Crippen LogP contribution in [0.2, 0.25) is 0 Å². The fourth-order valence-electron chi connectivity index (χ4n) is 1.77. The van der Waals surface area contributed by atoms with Crippen LogP contribution in [-0.2, 0) is 10.0 Å². The number of hydrogen-bond donors (Lipinski definition) is 2. The molecular formula is C11H18N2O5S. The monoisotopic (exact) mass is 290 g/mol. The van der Waals surface area contributed by atoms with E-state index >= 15 is 0 Å². The lowest BCUT2D eigenvalue weighted by molar-refractivity contribution is 0.0691. The van der Waals surface area contributed by atoms with E-state index in [9.17, 15) is 13.2 Å². The first kappa shape index (κ1) is 15.7. The molecule has 1 heterocycles. The highest BCUT2D eigenvalue weighted by atomic mass is 32.2. The quantitative estimate of drug-likeness (QED) is 0.788. The second-order valence-corrected chi connectivity index (χ2v) is 6.14. The number of rotatable bonds is 6. The number of carboxylic acid groups (broad SMARTS) is 1. The number of furan rings is 1. The summed E-state index contributed by atoms with van der Waals surface area (Å²) < 4.78 is 31.0. The van der Waals surface area contributed by atoms with Crippen molar-refractivity contribution in [2.24, 2.45) is 0 Å². The average molecular weight is 290 g/mol. The minimum Gasteiger partial charge on any atom is -0.478 e. The van der Waals surface area contributed by atoms with Gasteiger partial charge in [-0.3, -0.25) is 0 Å². The third-order valence-electron chi connectivity index (χ3n) is 2.76. The minimum absolute atomic E-state index is 0.0885. The van der Waals surface area contributed by atoms with Crippen molar-refractivity contribution in [1.82, 2.24) is 9.62 Å². The lowest BCUT2D eigenvalue weighted by Crippen LogP contribution is -2.33. The molecule has 19 heavy (non-hydrogen) atoms. The molecule has 0 aliphatic carbocycles. The molecule has 7 nitrogen and oxygen atoms in total. The number of sulfonamides is 1. The average Bonchev–Trinajstić information content (AvgIpc) is 2.61. The van der Waals surface area contributed by atoms with Gasteiger partial charge in [0, 0.05) is 20.1 Å². The van der Waals surface area contributed by atoms with Crippen LogP contribution in [0, 0.1) is 13.8 Å². The van der Waals surface area contributed by atoms with E-state index in [2.05, 4.69) is 5.32 Å². The maximum atomic E-state index is 12.4. The minimum atomic E-state index is -3.88.